The van der Waals surface area contributed by atoms with Gasteiger partial charge in [0, 0.05) is 16.8 Å². The van der Waals surface area contributed by atoms with E-state index in [2.05, 4.69) is 10.6 Å². The molecule has 0 saturated carbocycles. The molecule has 0 heterocycles. The number of rotatable bonds is 4. The number of nitrogens with one attached hydrogen (secondary N) is 2. The fraction of sp³-hybridized carbons (Fsp3) is 0.0526. The van der Waals surface area contributed by atoms with Gasteiger partial charge in [0.2, 0.25) is 5.91 Å². The summed E-state index contributed by atoms with van der Waals surface area (Å²) in [5.74, 6) is -0.136. The number of carbonyl (C=O) groups excluding carboxylic acids is 1. The van der Waals surface area contributed by atoms with Crippen molar-refractivity contribution in [2.24, 2.45) is 0 Å². The first-order valence-corrected chi connectivity index (χ1v) is 7.28. The zero-order chi connectivity index (χ0) is 16.1. The molecule has 2 N–H and O–H groups in total. The maximum atomic E-state index is 12.0. The van der Waals surface area contributed by atoms with E-state index in [0.717, 1.165) is 16.5 Å². The maximum Gasteiger partial charge on any atom is 0.243 e. The molecule has 4 heteroatoms. The SMILES string of the molecule is N#Cc1ccc(NC(=O)CNc2cccc3ccccc23)cc1. The number of fused-ring (bicyclic) bond motifs is 1. The lowest BCUT2D eigenvalue weighted by Gasteiger charge is -2.10. The summed E-state index contributed by atoms with van der Waals surface area (Å²) in [5.41, 5.74) is 2.17. The van der Waals surface area contributed by atoms with Gasteiger partial charge < -0.3 is 10.6 Å². The van der Waals surface area contributed by atoms with E-state index in [1.807, 2.05) is 48.5 Å². The van der Waals surface area contributed by atoms with Crippen LogP contribution in [0.3, 0.4) is 0 Å². The van der Waals surface area contributed by atoms with E-state index < -0.39 is 0 Å². The van der Waals surface area contributed by atoms with Crippen molar-refractivity contribution in [2.45, 2.75) is 0 Å². The normalized spacial score (nSPS) is 10.0. The summed E-state index contributed by atoms with van der Waals surface area (Å²) >= 11 is 0. The van der Waals surface area contributed by atoms with E-state index in [9.17, 15) is 4.79 Å². The molecular weight excluding hydrogens is 286 g/mol. The Hall–Kier alpha value is -3.32. The fourth-order valence-corrected chi connectivity index (χ4v) is 2.39. The number of anilines is 2. The Kier molecular flexibility index (Phi) is 4.21. The van der Waals surface area contributed by atoms with Crippen LogP contribution in [0.15, 0.2) is 66.7 Å². The molecule has 0 bridgehead atoms. The lowest BCUT2D eigenvalue weighted by atomic mass is 10.1. The summed E-state index contributed by atoms with van der Waals surface area (Å²) in [6.45, 7) is 0.175. The Bertz CT molecular complexity index is 874. The minimum Gasteiger partial charge on any atom is -0.376 e. The molecule has 112 valence electrons. The molecule has 4 nitrogen and oxygen atoms in total. The molecule has 3 aromatic carbocycles. The van der Waals surface area contributed by atoms with Crippen LogP contribution in [0.1, 0.15) is 5.56 Å². The van der Waals surface area contributed by atoms with Crippen LogP contribution in [0.4, 0.5) is 11.4 Å². The molecule has 3 aromatic rings. The van der Waals surface area contributed by atoms with Gasteiger partial charge in [-0.1, -0.05) is 36.4 Å². The highest BCUT2D eigenvalue weighted by Crippen LogP contribution is 2.22. The average molecular weight is 301 g/mol. The summed E-state index contributed by atoms with van der Waals surface area (Å²) in [5, 5.41) is 16.9. The molecule has 0 aliphatic heterocycles. The Labute approximate surface area is 134 Å². The van der Waals surface area contributed by atoms with Crippen molar-refractivity contribution >= 4 is 28.1 Å². The third kappa shape index (κ3) is 3.47. The standard InChI is InChI=1S/C19H15N3O/c20-12-14-8-10-16(11-9-14)22-19(23)13-21-18-7-3-5-15-4-1-2-6-17(15)18/h1-11,21H,13H2,(H,22,23). The molecule has 0 radical (unpaired) electrons. The van der Waals surface area contributed by atoms with Crippen LogP contribution in [0.2, 0.25) is 0 Å². The fourth-order valence-electron chi connectivity index (χ4n) is 2.39. The van der Waals surface area contributed by atoms with Crippen molar-refractivity contribution in [3.8, 4) is 6.07 Å². The van der Waals surface area contributed by atoms with Crippen molar-refractivity contribution < 1.29 is 4.79 Å². The molecule has 0 aromatic heterocycles. The second-order valence-electron chi connectivity index (χ2n) is 5.12. The summed E-state index contributed by atoms with van der Waals surface area (Å²) in [6.07, 6.45) is 0. The number of carbonyl (C=O) groups is 1. The van der Waals surface area contributed by atoms with E-state index >= 15 is 0 Å². The topological polar surface area (TPSA) is 64.9 Å². The first-order chi connectivity index (χ1) is 11.3. The van der Waals surface area contributed by atoms with Gasteiger partial charge in [-0.15, -0.1) is 0 Å². The van der Waals surface area contributed by atoms with Gasteiger partial charge in [0.25, 0.3) is 0 Å². The van der Waals surface area contributed by atoms with Gasteiger partial charge in [-0.3, -0.25) is 4.79 Å². The van der Waals surface area contributed by atoms with Crippen LogP contribution >= 0.6 is 0 Å². The zero-order valence-corrected chi connectivity index (χ0v) is 12.4. The first kappa shape index (κ1) is 14.6. The molecular formula is C19H15N3O. The smallest absolute Gasteiger partial charge is 0.243 e. The van der Waals surface area contributed by atoms with Gasteiger partial charge in [-0.05, 0) is 35.7 Å². The largest absolute Gasteiger partial charge is 0.376 e. The van der Waals surface area contributed by atoms with Gasteiger partial charge in [0.15, 0.2) is 0 Å². The molecule has 23 heavy (non-hydrogen) atoms. The van der Waals surface area contributed by atoms with Crippen LogP contribution in [-0.4, -0.2) is 12.5 Å². The molecule has 3 rings (SSSR count). The summed E-state index contributed by atoms with van der Waals surface area (Å²) in [6, 6.07) is 22.8. The van der Waals surface area contributed by atoms with E-state index in [-0.39, 0.29) is 12.5 Å². The molecule has 0 atom stereocenters. The second kappa shape index (κ2) is 6.63. The Morgan fingerprint density at radius 2 is 1.70 bits per heavy atom. The first-order valence-electron chi connectivity index (χ1n) is 7.28. The van der Waals surface area contributed by atoms with Gasteiger partial charge >= 0.3 is 0 Å². The molecule has 0 saturated heterocycles. The van der Waals surface area contributed by atoms with Crippen LogP contribution in [0.25, 0.3) is 10.8 Å². The molecule has 0 fully saturated rings. The highest BCUT2D eigenvalue weighted by atomic mass is 16.1. The Morgan fingerprint density at radius 1 is 0.957 bits per heavy atom. The van der Waals surface area contributed by atoms with Crippen molar-refractivity contribution in [2.75, 3.05) is 17.2 Å². The monoisotopic (exact) mass is 301 g/mol. The zero-order valence-electron chi connectivity index (χ0n) is 12.4. The number of hydrogen-bond donors (Lipinski definition) is 2. The third-order valence-electron chi connectivity index (χ3n) is 3.53. The number of nitriles is 1. The van der Waals surface area contributed by atoms with E-state index in [4.69, 9.17) is 5.26 Å². The number of hydrogen-bond acceptors (Lipinski definition) is 3. The summed E-state index contributed by atoms with van der Waals surface area (Å²) in [7, 11) is 0. The summed E-state index contributed by atoms with van der Waals surface area (Å²) < 4.78 is 0. The lowest BCUT2D eigenvalue weighted by Crippen LogP contribution is -2.21. The summed E-state index contributed by atoms with van der Waals surface area (Å²) in [4.78, 5) is 12.0. The average Bonchev–Trinajstić information content (AvgIpc) is 2.60. The van der Waals surface area contributed by atoms with Crippen molar-refractivity contribution in [1.29, 1.82) is 5.26 Å². The molecule has 0 unspecified atom stereocenters. The lowest BCUT2D eigenvalue weighted by molar-refractivity contribution is -0.114. The van der Waals surface area contributed by atoms with Gasteiger partial charge in [0.05, 0.1) is 18.2 Å². The van der Waals surface area contributed by atoms with Crippen molar-refractivity contribution in [3.05, 3.63) is 72.3 Å². The molecule has 0 spiro atoms. The molecule has 0 aliphatic carbocycles. The van der Waals surface area contributed by atoms with Gasteiger partial charge in [-0.25, -0.2) is 0 Å². The van der Waals surface area contributed by atoms with Gasteiger partial charge in [-0.2, -0.15) is 5.26 Å². The third-order valence-corrected chi connectivity index (χ3v) is 3.53. The minimum atomic E-state index is -0.136. The van der Waals surface area contributed by atoms with Crippen LogP contribution in [0, 0.1) is 11.3 Å². The van der Waals surface area contributed by atoms with E-state index in [1.165, 1.54) is 0 Å². The van der Waals surface area contributed by atoms with Crippen LogP contribution in [-0.2, 0) is 4.79 Å². The number of amides is 1. The van der Waals surface area contributed by atoms with Gasteiger partial charge in [0.1, 0.15) is 0 Å². The minimum absolute atomic E-state index is 0.136. The Morgan fingerprint density at radius 3 is 2.48 bits per heavy atom. The number of benzene rings is 3. The van der Waals surface area contributed by atoms with Crippen LogP contribution < -0.4 is 10.6 Å². The predicted molar refractivity (Wildman–Crippen MR) is 92.2 cm³/mol. The van der Waals surface area contributed by atoms with E-state index in [1.54, 1.807) is 24.3 Å². The quantitative estimate of drug-likeness (QED) is 0.771. The Balaban J connectivity index is 1.65. The highest BCUT2D eigenvalue weighted by Gasteiger charge is 2.04. The molecule has 0 aliphatic rings. The van der Waals surface area contributed by atoms with Crippen molar-refractivity contribution in [1.82, 2.24) is 0 Å². The number of nitrogens with zero attached hydrogens (tertiary/aromatic N) is 1. The molecule has 1 amide bonds. The second-order valence-corrected chi connectivity index (χ2v) is 5.12. The predicted octanol–water partition coefficient (Wildman–Crippen LogP) is 3.76. The highest BCUT2D eigenvalue weighted by molar-refractivity contribution is 5.97. The van der Waals surface area contributed by atoms with Crippen LogP contribution in [0.5, 0.6) is 0 Å². The maximum absolute atomic E-state index is 12.0. The van der Waals surface area contributed by atoms with E-state index in [0.29, 0.717) is 11.3 Å². The van der Waals surface area contributed by atoms with Crippen molar-refractivity contribution in [3.63, 3.8) is 0 Å².